The largest absolute Gasteiger partial charge is 0.419 e. The van der Waals surface area contributed by atoms with Gasteiger partial charge in [0.2, 0.25) is 0 Å². The number of hydrogen-bond donors (Lipinski definition) is 2. The number of pyridine rings is 1. The first-order valence-electron chi connectivity index (χ1n) is 6.25. The van der Waals surface area contributed by atoms with Crippen LogP contribution in [0.15, 0.2) is 18.3 Å². The van der Waals surface area contributed by atoms with Gasteiger partial charge >= 0.3 is 6.18 Å². The average Bonchev–Trinajstić information content (AvgIpc) is 2.40. The maximum Gasteiger partial charge on any atom is 0.419 e. The van der Waals surface area contributed by atoms with Crippen LogP contribution in [0.2, 0.25) is 0 Å². The quantitative estimate of drug-likeness (QED) is 0.838. The second-order valence-electron chi connectivity index (χ2n) is 4.62. The van der Waals surface area contributed by atoms with Crippen molar-refractivity contribution in [3.05, 3.63) is 23.9 Å². The number of nitrogens with zero attached hydrogens (tertiary/aromatic N) is 1. The number of halogens is 3. The molecule has 2 N–H and O–H groups in total. The second kappa shape index (κ2) is 6.23. The van der Waals surface area contributed by atoms with Gasteiger partial charge in [0.25, 0.3) is 0 Å². The molecular weight excluding hydrogens is 257 g/mol. The molecule has 0 unspecified atom stereocenters. The molecule has 0 radical (unpaired) electrons. The lowest BCUT2D eigenvalue weighted by Gasteiger charge is -2.30. The van der Waals surface area contributed by atoms with E-state index in [1.807, 2.05) is 13.8 Å². The molecule has 108 valence electrons. The molecule has 1 rings (SSSR count). The summed E-state index contributed by atoms with van der Waals surface area (Å²) in [5.41, 5.74) is -1.20. The van der Waals surface area contributed by atoms with E-state index < -0.39 is 17.2 Å². The highest BCUT2D eigenvalue weighted by Crippen LogP contribution is 2.34. The van der Waals surface area contributed by atoms with Crippen LogP contribution in [0.4, 0.5) is 19.0 Å². The molecule has 0 bridgehead atoms. The summed E-state index contributed by atoms with van der Waals surface area (Å²) < 4.78 is 38.4. The van der Waals surface area contributed by atoms with Gasteiger partial charge in [-0.1, -0.05) is 13.8 Å². The Morgan fingerprint density at radius 3 is 2.37 bits per heavy atom. The predicted octanol–water partition coefficient (Wildman–Crippen LogP) is 3.31. The first-order valence-corrected chi connectivity index (χ1v) is 6.25. The van der Waals surface area contributed by atoms with Crippen LogP contribution in [-0.4, -0.2) is 23.2 Å². The van der Waals surface area contributed by atoms with Crippen LogP contribution in [0.3, 0.4) is 0 Å². The van der Waals surface area contributed by atoms with Gasteiger partial charge in [0.05, 0.1) is 12.2 Å². The number of nitrogens with one attached hydrogen (secondary N) is 1. The van der Waals surface area contributed by atoms with E-state index >= 15 is 0 Å². The lowest BCUT2D eigenvalue weighted by atomic mass is 9.83. The Labute approximate surface area is 110 Å². The summed E-state index contributed by atoms with van der Waals surface area (Å²) in [6, 6.07) is 2.25. The van der Waals surface area contributed by atoms with Crippen LogP contribution in [0, 0.1) is 5.41 Å². The molecule has 19 heavy (non-hydrogen) atoms. The van der Waals surface area contributed by atoms with Crippen LogP contribution >= 0.6 is 0 Å². The standard InChI is InChI=1S/C13H19F3N2O/c1-3-12(4-2,9-19)8-18-11-10(13(14,15)16)6-5-7-17-11/h5-7,19H,3-4,8-9H2,1-2H3,(H,17,18). The van der Waals surface area contributed by atoms with Crippen molar-refractivity contribution < 1.29 is 18.3 Å². The summed E-state index contributed by atoms with van der Waals surface area (Å²) in [5, 5.41) is 12.1. The number of aliphatic hydroxyl groups is 1. The minimum atomic E-state index is -4.43. The van der Waals surface area contributed by atoms with Gasteiger partial charge in [0.1, 0.15) is 5.82 Å². The van der Waals surface area contributed by atoms with Crippen molar-refractivity contribution in [2.24, 2.45) is 5.41 Å². The molecule has 6 heteroatoms. The lowest BCUT2D eigenvalue weighted by molar-refractivity contribution is -0.137. The van der Waals surface area contributed by atoms with Crippen molar-refractivity contribution in [2.75, 3.05) is 18.5 Å². The lowest BCUT2D eigenvalue weighted by Crippen LogP contribution is -2.33. The van der Waals surface area contributed by atoms with E-state index in [1.165, 1.54) is 12.3 Å². The Bertz CT molecular complexity index is 395. The Balaban J connectivity index is 2.89. The first kappa shape index (κ1) is 15.8. The van der Waals surface area contributed by atoms with Crippen molar-refractivity contribution in [3.8, 4) is 0 Å². The van der Waals surface area contributed by atoms with Gasteiger partial charge in [-0.15, -0.1) is 0 Å². The molecule has 0 aliphatic heterocycles. The molecule has 0 fully saturated rings. The molecule has 1 aromatic rings. The van der Waals surface area contributed by atoms with E-state index in [9.17, 15) is 18.3 Å². The summed E-state index contributed by atoms with van der Waals surface area (Å²) >= 11 is 0. The van der Waals surface area contributed by atoms with Crippen molar-refractivity contribution in [3.63, 3.8) is 0 Å². The molecular formula is C13H19F3N2O. The van der Waals surface area contributed by atoms with Crippen molar-refractivity contribution >= 4 is 5.82 Å². The van der Waals surface area contributed by atoms with E-state index in [0.29, 0.717) is 12.8 Å². The van der Waals surface area contributed by atoms with Crippen molar-refractivity contribution in [2.45, 2.75) is 32.9 Å². The van der Waals surface area contributed by atoms with Crippen molar-refractivity contribution in [1.29, 1.82) is 0 Å². The van der Waals surface area contributed by atoms with Gasteiger partial charge in [-0.3, -0.25) is 0 Å². The highest BCUT2D eigenvalue weighted by molar-refractivity contribution is 5.45. The molecule has 0 spiro atoms. The molecule has 0 aliphatic carbocycles. The third-order valence-corrected chi connectivity index (χ3v) is 3.58. The van der Waals surface area contributed by atoms with E-state index in [-0.39, 0.29) is 19.0 Å². The highest BCUT2D eigenvalue weighted by Gasteiger charge is 2.35. The highest BCUT2D eigenvalue weighted by atomic mass is 19.4. The molecule has 3 nitrogen and oxygen atoms in total. The van der Waals surface area contributed by atoms with Crippen molar-refractivity contribution in [1.82, 2.24) is 4.98 Å². The van der Waals surface area contributed by atoms with Gasteiger partial charge in [0, 0.05) is 18.2 Å². The van der Waals surface area contributed by atoms with Gasteiger partial charge < -0.3 is 10.4 Å². The van der Waals surface area contributed by atoms with Crippen LogP contribution in [0.25, 0.3) is 0 Å². The monoisotopic (exact) mass is 276 g/mol. The minimum absolute atomic E-state index is 0.0683. The summed E-state index contributed by atoms with van der Waals surface area (Å²) in [5.74, 6) is -0.185. The zero-order valence-electron chi connectivity index (χ0n) is 11.1. The maximum atomic E-state index is 12.8. The van der Waals surface area contributed by atoms with Gasteiger partial charge in [-0.05, 0) is 25.0 Å². The summed E-state index contributed by atoms with van der Waals surface area (Å²) in [7, 11) is 0. The summed E-state index contributed by atoms with van der Waals surface area (Å²) in [6.45, 7) is 4.01. The topological polar surface area (TPSA) is 45.1 Å². The zero-order valence-corrected chi connectivity index (χ0v) is 11.1. The molecule has 0 saturated carbocycles. The number of anilines is 1. The molecule has 0 aromatic carbocycles. The molecule has 0 amide bonds. The van der Waals surface area contributed by atoms with E-state index in [4.69, 9.17) is 0 Å². The van der Waals surface area contributed by atoms with Crippen LogP contribution in [0.1, 0.15) is 32.3 Å². The van der Waals surface area contributed by atoms with Gasteiger partial charge in [0.15, 0.2) is 0 Å². The van der Waals surface area contributed by atoms with Gasteiger partial charge in [-0.2, -0.15) is 13.2 Å². The Morgan fingerprint density at radius 1 is 1.26 bits per heavy atom. The minimum Gasteiger partial charge on any atom is -0.396 e. The summed E-state index contributed by atoms with van der Waals surface area (Å²) in [6.07, 6.45) is -1.75. The number of alkyl halides is 3. The maximum absolute atomic E-state index is 12.8. The fourth-order valence-electron chi connectivity index (χ4n) is 1.83. The van der Waals surface area contributed by atoms with E-state index in [2.05, 4.69) is 10.3 Å². The number of hydrogen-bond acceptors (Lipinski definition) is 3. The number of aliphatic hydroxyl groups excluding tert-OH is 1. The SMILES string of the molecule is CCC(CC)(CO)CNc1ncccc1C(F)(F)F. The first-order chi connectivity index (χ1) is 8.88. The molecule has 1 aromatic heterocycles. The second-order valence-corrected chi connectivity index (χ2v) is 4.62. The third kappa shape index (κ3) is 3.83. The average molecular weight is 276 g/mol. The fraction of sp³-hybridized carbons (Fsp3) is 0.615. The molecule has 0 saturated heterocycles. The number of rotatable bonds is 6. The molecule has 1 heterocycles. The smallest absolute Gasteiger partial charge is 0.396 e. The summed E-state index contributed by atoms with van der Waals surface area (Å²) in [4.78, 5) is 3.74. The van der Waals surface area contributed by atoms with E-state index in [1.54, 1.807) is 0 Å². The van der Waals surface area contributed by atoms with Gasteiger partial charge in [-0.25, -0.2) is 4.98 Å². The molecule has 0 aliphatic rings. The van der Waals surface area contributed by atoms with E-state index in [0.717, 1.165) is 6.07 Å². The zero-order chi connectivity index (χ0) is 14.5. The fourth-order valence-corrected chi connectivity index (χ4v) is 1.83. The normalized spacial score (nSPS) is 12.5. The Morgan fingerprint density at radius 2 is 1.89 bits per heavy atom. The Hall–Kier alpha value is -1.30. The number of aromatic nitrogens is 1. The van der Waals surface area contributed by atoms with Crippen LogP contribution < -0.4 is 5.32 Å². The Kier molecular flexibility index (Phi) is 5.17. The molecule has 0 atom stereocenters. The predicted molar refractivity (Wildman–Crippen MR) is 67.8 cm³/mol. The van der Waals surface area contributed by atoms with Crippen LogP contribution in [0.5, 0.6) is 0 Å². The third-order valence-electron chi connectivity index (χ3n) is 3.58. The van der Waals surface area contributed by atoms with Crippen LogP contribution in [-0.2, 0) is 6.18 Å².